The Hall–Kier alpha value is -0.332. The van der Waals surface area contributed by atoms with Gasteiger partial charge in [0.25, 0.3) is 0 Å². The predicted molar refractivity (Wildman–Crippen MR) is 131 cm³/mol. The van der Waals surface area contributed by atoms with Crippen LogP contribution in [0.25, 0.3) is 0 Å². The van der Waals surface area contributed by atoms with Crippen LogP contribution in [0, 0.1) is 0 Å². The first-order valence-electron chi connectivity index (χ1n) is 12.5. The quantitative estimate of drug-likeness (QED) is 0.0973. The molecule has 0 aromatic heterocycles. The fraction of sp³-hybridized carbons (Fsp3) is 0.917. The second-order valence-electron chi connectivity index (χ2n) is 8.30. The maximum atomic E-state index is 11.5. The first-order valence-corrected chi connectivity index (χ1v) is 13.9. The molecular formula is C24H47NO10W. The van der Waals surface area contributed by atoms with E-state index in [4.69, 9.17) is 42.6 Å². The van der Waals surface area contributed by atoms with Gasteiger partial charge in [-0.05, 0) is 27.7 Å². The summed E-state index contributed by atoms with van der Waals surface area (Å²) in [5, 5.41) is 3.30. The van der Waals surface area contributed by atoms with E-state index in [1.54, 1.807) is 0 Å². The predicted octanol–water partition coefficient (Wildman–Crippen LogP) is 0.747. The van der Waals surface area contributed by atoms with Crippen molar-refractivity contribution in [3.63, 3.8) is 0 Å². The van der Waals surface area contributed by atoms with Gasteiger partial charge in [-0.1, -0.05) is 0 Å². The van der Waals surface area contributed by atoms with E-state index in [1.807, 2.05) is 27.7 Å². The van der Waals surface area contributed by atoms with Crippen molar-refractivity contribution in [3.05, 3.63) is 0 Å². The molecule has 214 valence electrons. The van der Waals surface area contributed by atoms with Crippen LogP contribution in [0.4, 0.5) is 0 Å². The summed E-state index contributed by atoms with van der Waals surface area (Å²) in [6.07, 6.45) is 0. The molecule has 0 fully saturated rings. The van der Waals surface area contributed by atoms with Crippen molar-refractivity contribution in [1.82, 2.24) is 5.32 Å². The van der Waals surface area contributed by atoms with Crippen LogP contribution in [-0.4, -0.2) is 128 Å². The van der Waals surface area contributed by atoms with Crippen LogP contribution in [0.15, 0.2) is 0 Å². The molecule has 0 rings (SSSR count). The molecule has 0 amide bonds. The van der Waals surface area contributed by atoms with E-state index in [9.17, 15) is 4.79 Å². The van der Waals surface area contributed by atoms with Crippen LogP contribution in [-0.2, 0) is 66.8 Å². The molecule has 1 N–H and O–H groups in total. The summed E-state index contributed by atoms with van der Waals surface area (Å²) in [5.74, 6) is -0.378. The normalized spacial score (nSPS) is 11.7. The monoisotopic (exact) mass is 693 g/mol. The first-order chi connectivity index (χ1) is 17.3. The maximum absolute atomic E-state index is 11.5. The second-order valence-corrected chi connectivity index (χ2v) is 10.1. The first kappa shape index (κ1) is 35.7. The Bertz CT molecular complexity index is 520. The number of ether oxygens (including phenoxy) is 9. The van der Waals surface area contributed by atoms with Gasteiger partial charge in [-0.25, -0.2) is 4.79 Å². The number of rotatable bonds is 27. The average molecular weight is 693 g/mol. The van der Waals surface area contributed by atoms with E-state index in [0.29, 0.717) is 99.1 Å². The Morgan fingerprint density at radius 1 is 0.611 bits per heavy atom. The molecule has 0 radical (unpaired) electrons. The van der Waals surface area contributed by atoms with Gasteiger partial charge in [-0.15, -0.1) is 0 Å². The van der Waals surface area contributed by atoms with Crippen LogP contribution >= 0.6 is 0 Å². The van der Waals surface area contributed by atoms with Gasteiger partial charge in [0.1, 0.15) is 12.2 Å². The van der Waals surface area contributed by atoms with Gasteiger partial charge in [-0.2, -0.15) is 0 Å². The fourth-order valence-electron chi connectivity index (χ4n) is 2.37. The second kappa shape index (κ2) is 26.3. The Morgan fingerprint density at radius 3 is 1.44 bits per heavy atom. The third-order valence-corrected chi connectivity index (χ3v) is 4.82. The van der Waals surface area contributed by atoms with Crippen LogP contribution < -0.4 is 5.32 Å². The molecule has 0 aliphatic heterocycles. The SMILES string of the molecule is CCOCCOCCOCCOC[C](=[W])NCCOCCOCCOCCOCC(=O)OC(C)(C)C. The van der Waals surface area contributed by atoms with E-state index >= 15 is 0 Å². The van der Waals surface area contributed by atoms with Crippen LogP contribution in [0.5, 0.6) is 0 Å². The third kappa shape index (κ3) is 29.9. The summed E-state index contributed by atoms with van der Waals surface area (Å²) < 4.78 is 49.4. The summed E-state index contributed by atoms with van der Waals surface area (Å²) >= 11 is 1.34. The number of hydrogen-bond donors (Lipinski definition) is 1. The molecule has 0 bridgehead atoms. The summed E-state index contributed by atoms with van der Waals surface area (Å²) in [6, 6.07) is 0. The van der Waals surface area contributed by atoms with Gasteiger partial charge in [-0.3, -0.25) is 0 Å². The van der Waals surface area contributed by atoms with Gasteiger partial charge in [0.05, 0.1) is 6.61 Å². The molecule has 0 atom stereocenters. The molecular weight excluding hydrogens is 646 g/mol. The van der Waals surface area contributed by atoms with E-state index < -0.39 is 5.60 Å². The van der Waals surface area contributed by atoms with Crippen molar-refractivity contribution in [2.75, 3.05) is 112 Å². The minimum Gasteiger partial charge on any atom is -0.458 e. The van der Waals surface area contributed by atoms with Crippen molar-refractivity contribution < 1.29 is 66.8 Å². The molecule has 0 aliphatic rings. The van der Waals surface area contributed by atoms with Crippen molar-refractivity contribution in [3.8, 4) is 0 Å². The zero-order valence-corrected chi connectivity index (χ0v) is 25.4. The number of hydrogen-bond acceptors (Lipinski definition) is 11. The zero-order valence-electron chi connectivity index (χ0n) is 22.5. The fourth-order valence-corrected chi connectivity index (χ4v) is 3.03. The van der Waals surface area contributed by atoms with Gasteiger partial charge < -0.3 is 9.47 Å². The van der Waals surface area contributed by atoms with Crippen molar-refractivity contribution in [1.29, 1.82) is 0 Å². The summed E-state index contributed by atoms with van der Waals surface area (Å²) in [6.45, 7) is 16.1. The van der Waals surface area contributed by atoms with E-state index in [2.05, 4.69) is 5.32 Å². The van der Waals surface area contributed by atoms with E-state index in [-0.39, 0.29) is 12.6 Å². The van der Waals surface area contributed by atoms with E-state index in [1.165, 1.54) is 19.4 Å². The Balaban J connectivity index is 3.23. The summed E-state index contributed by atoms with van der Waals surface area (Å²) in [7, 11) is 0. The van der Waals surface area contributed by atoms with Crippen LogP contribution in [0.1, 0.15) is 27.7 Å². The average Bonchev–Trinajstić information content (AvgIpc) is 2.81. The molecule has 0 spiro atoms. The Morgan fingerprint density at radius 2 is 1.00 bits per heavy atom. The third-order valence-electron chi connectivity index (χ3n) is 3.88. The van der Waals surface area contributed by atoms with Crippen LogP contribution in [0.2, 0.25) is 0 Å². The molecule has 0 aliphatic carbocycles. The summed E-state index contributed by atoms with van der Waals surface area (Å²) in [5.41, 5.74) is -0.501. The van der Waals surface area contributed by atoms with Gasteiger partial charge in [0.15, 0.2) is 0 Å². The zero-order chi connectivity index (χ0) is 26.7. The molecule has 0 heterocycles. The Kier molecular flexibility index (Phi) is 26.0. The number of esters is 1. The van der Waals surface area contributed by atoms with Crippen molar-refractivity contribution >= 4 is 9.99 Å². The van der Waals surface area contributed by atoms with Gasteiger partial charge in [0, 0.05) is 6.61 Å². The van der Waals surface area contributed by atoms with Gasteiger partial charge in [0.2, 0.25) is 0 Å². The summed E-state index contributed by atoms with van der Waals surface area (Å²) in [4.78, 5) is 11.5. The van der Waals surface area contributed by atoms with Crippen molar-refractivity contribution in [2.24, 2.45) is 0 Å². The molecule has 12 heteroatoms. The molecule has 0 aromatic carbocycles. The van der Waals surface area contributed by atoms with Crippen LogP contribution in [0.3, 0.4) is 0 Å². The Labute approximate surface area is 227 Å². The minimum atomic E-state index is -0.501. The molecule has 0 saturated carbocycles. The number of carbonyl (C=O) groups is 1. The molecule has 36 heavy (non-hydrogen) atoms. The molecule has 11 nitrogen and oxygen atoms in total. The number of carbonyl (C=O) groups excluding carboxylic acids is 1. The molecule has 0 aromatic rings. The number of nitrogens with one attached hydrogen (secondary N) is 1. The molecule has 0 saturated heterocycles. The topological polar surface area (TPSA) is 112 Å². The van der Waals surface area contributed by atoms with Gasteiger partial charge >= 0.3 is 160 Å². The standard InChI is InChI=1S/C24H47NO10.W/c1-5-27-10-11-30-16-17-31-14-12-28-8-6-25-7-9-29-13-15-32-18-19-33-20-21-34-22-23(26)35-24(2,3)4;/h25H,5,7-22H2,1-4H3;. The van der Waals surface area contributed by atoms with Crippen molar-refractivity contribution in [2.45, 2.75) is 33.3 Å². The van der Waals surface area contributed by atoms with E-state index in [0.717, 1.165) is 10.6 Å². The minimum absolute atomic E-state index is 0.0729. The smallest absolute Gasteiger partial charge is 0.458 e. The molecule has 0 unspecified atom stereocenters.